The summed E-state index contributed by atoms with van der Waals surface area (Å²) in [6.45, 7) is 4.66. The van der Waals surface area contributed by atoms with Crippen molar-refractivity contribution in [3.05, 3.63) is 41.6 Å². The maximum Gasteiger partial charge on any atom is 0.262 e. The maximum absolute atomic E-state index is 12.4. The number of nitrogens with zero attached hydrogens (tertiary/aromatic N) is 3. The summed E-state index contributed by atoms with van der Waals surface area (Å²) in [5, 5.41) is 9.75. The van der Waals surface area contributed by atoms with Gasteiger partial charge >= 0.3 is 0 Å². The zero-order valence-corrected chi connectivity index (χ0v) is 16.1. The number of benzene rings is 1. The highest BCUT2D eigenvalue weighted by atomic mass is 16.5. The van der Waals surface area contributed by atoms with E-state index in [9.17, 15) is 9.59 Å². The first-order valence-corrected chi connectivity index (χ1v) is 9.14. The minimum Gasteiger partial charge on any atom is -0.479 e. The van der Waals surface area contributed by atoms with E-state index in [2.05, 4.69) is 20.6 Å². The van der Waals surface area contributed by atoms with Crippen LogP contribution in [0.3, 0.4) is 0 Å². The highest BCUT2D eigenvalue weighted by Gasteiger charge is 2.17. The van der Waals surface area contributed by atoms with Gasteiger partial charge in [0.2, 0.25) is 5.88 Å². The molecule has 150 valence electrons. The standard InChI is InChI=1S/C19H25N5O4/c1-23-13-16(19(22-23)27-2)18(26)21-15-5-3-14(4-6-15)17(25)20-7-8-24-9-11-28-12-10-24/h3-6,13H,7-12H2,1-2H3,(H,20,25)(H,21,26). The van der Waals surface area contributed by atoms with Crippen molar-refractivity contribution in [2.75, 3.05) is 51.8 Å². The Balaban J connectivity index is 1.51. The lowest BCUT2D eigenvalue weighted by atomic mass is 10.2. The van der Waals surface area contributed by atoms with Crippen molar-refractivity contribution >= 4 is 17.5 Å². The number of amides is 2. The molecule has 1 aromatic heterocycles. The molecular weight excluding hydrogens is 362 g/mol. The molecule has 9 nitrogen and oxygen atoms in total. The number of methoxy groups -OCH3 is 1. The lowest BCUT2D eigenvalue weighted by Crippen LogP contribution is -2.41. The monoisotopic (exact) mass is 387 g/mol. The van der Waals surface area contributed by atoms with Gasteiger partial charge in [-0.2, -0.15) is 0 Å². The second kappa shape index (κ2) is 9.34. The highest BCUT2D eigenvalue weighted by molar-refractivity contribution is 6.06. The van der Waals surface area contributed by atoms with E-state index in [0.717, 1.165) is 32.8 Å². The molecule has 2 aromatic rings. The number of carbonyl (C=O) groups excluding carboxylic acids is 2. The van der Waals surface area contributed by atoms with E-state index in [1.165, 1.54) is 11.8 Å². The first-order valence-electron chi connectivity index (χ1n) is 9.14. The van der Waals surface area contributed by atoms with Crippen molar-refractivity contribution in [2.24, 2.45) is 7.05 Å². The van der Waals surface area contributed by atoms with E-state index in [1.54, 1.807) is 37.5 Å². The van der Waals surface area contributed by atoms with E-state index in [0.29, 0.717) is 23.4 Å². The Bertz CT molecular complexity index is 812. The summed E-state index contributed by atoms with van der Waals surface area (Å²) < 4.78 is 11.9. The summed E-state index contributed by atoms with van der Waals surface area (Å²) in [6, 6.07) is 6.75. The molecular formula is C19H25N5O4. The van der Waals surface area contributed by atoms with Crippen LogP contribution in [-0.4, -0.2) is 73.0 Å². The number of anilines is 1. The Morgan fingerprint density at radius 1 is 1.18 bits per heavy atom. The van der Waals surface area contributed by atoms with E-state index in [-0.39, 0.29) is 17.7 Å². The van der Waals surface area contributed by atoms with Crippen LogP contribution in [0.15, 0.2) is 30.5 Å². The van der Waals surface area contributed by atoms with Gasteiger partial charge in [-0.05, 0) is 24.3 Å². The highest BCUT2D eigenvalue weighted by Crippen LogP contribution is 2.17. The van der Waals surface area contributed by atoms with Gasteiger partial charge in [0.25, 0.3) is 11.8 Å². The van der Waals surface area contributed by atoms with Crippen LogP contribution >= 0.6 is 0 Å². The van der Waals surface area contributed by atoms with Crippen LogP contribution in [0, 0.1) is 0 Å². The molecule has 2 amide bonds. The second-order valence-corrected chi connectivity index (χ2v) is 6.47. The SMILES string of the molecule is COc1nn(C)cc1C(=O)Nc1ccc(C(=O)NCCN2CCOCC2)cc1. The third-order valence-electron chi connectivity index (χ3n) is 4.46. The van der Waals surface area contributed by atoms with Crippen molar-refractivity contribution in [2.45, 2.75) is 0 Å². The molecule has 0 unspecified atom stereocenters. The fourth-order valence-corrected chi connectivity index (χ4v) is 2.93. The van der Waals surface area contributed by atoms with Gasteiger partial charge in [-0.15, -0.1) is 5.10 Å². The molecule has 2 heterocycles. The Morgan fingerprint density at radius 2 is 1.89 bits per heavy atom. The van der Waals surface area contributed by atoms with Crippen LogP contribution in [0.4, 0.5) is 5.69 Å². The minimum atomic E-state index is -0.326. The van der Waals surface area contributed by atoms with Crippen LogP contribution < -0.4 is 15.4 Å². The first-order chi connectivity index (χ1) is 13.6. The predicted molar refractivity (Wildman–Crippen MR) is 104 cm³/mol. The summed E-state index contributed by atoms with van der Waals surface area (Å²) in [4.78, 5) is 26.9. The molecule has 0 atom stereocenters. The lowest BCUT2D eigenvalue weighted by molar-refractivity contribution is 0.0383. The quantitative estimate of drug-likeness (QED) is 0.727. The normalized spacial score (nSPS) is 14.5. The van der Waals surface area contributed by atoms with Crippen LogP contribution in [0.25, 0.3) is 0 Å². The fraction of sp³-hybridized carbons (Fsp3) is 0.421. The smallest absolute Gasteiger partial charge is 0.262 e. The van der Waals surface area contributed by atoms with Crippen molar-refractivity contribution < 1.29 is 19.1 Å². The van der Waals surface area contributed by atoms with Crippen molar-refractivity contribution in [1.29, 1.82) is 0 Å². The van der Waals surface area contributed by atoms with Gasteiger partial charge in [0.05, 0.1) is 20.3 Å². The number of ether oxygens (including phenoxy) is 2. The van der Waals surface area contributed by atoms with Crippen LogP contribution in [0.5, 0.6) is 5.88 Å². The molecule has 1 aromatic carbocycles. The Morgan fingerprint density at radius 3 is 2.57 bits per heavy atom. The summed E-state index contributed by atoms with van der Waals surface area (Å²) in [5.74, 6) is -0.205. The summed E-state index contributed by atoms with van der Waals surface area (Å²) >= 11 is 0. The molecule has 1 saturated heterocycles. The number of hydrogen-bond donors (Lipinski definition) is 2. The second-order valence-electron chi connectivity index (χ2n) is 6.47. The van der Waals surface area contributed by atoms with Gasteiger partial charge in [-0.25, -0.2) is 0 Å². The number of aromatic nitrogens is 2. The van der Waals surface area contributed by atoms with Gasteiger partial charge < -0.3 is 20.1 Å². The predicted octanol–water partition coefficient (Wildman–Crippen LogP) is 0.743. The average Bonchev–Trinajstić information content (AvgIpc) is 3.10. The van der Waals surface area contributed by atoms with Gasteiger partial charge in [0, 0.05) is 50.7 Å². The molecule has 0 saturated carbocycles. The number of morpholine rings is 1. The molecule has 0 aliphatic carbocycles. The molecule has 1 aliphatic rings. The molecule has 0 radical (unpaired) electrons. The average molecular weight is 387 g/mol. The molecule has 0 spiro atoms. The van der Waals surface area contributed by atoms with Crippen molar-refractivity contribution in [1.82, 2.24) is 20.0 Å². The van der Waals surface area contributed by atoms with Crippen molar-refractivity contribution in [3.63, 3.8) is 0 Å². The third-order valence-corrected chi connectivity index (χ3v) is 4.46. The zero-order chi connectivity index (χ0) is 19.9. The summed E-state index contributed by atoms with van der Waals surface area (Å²) in [5.41, 5.74) is 1.47. The van der Waals surface area contributed by atoms with Crippen molar-refractivity contribution in [3.8, 4) is 5.88 Å². The largest absolute Gasteiger partial charge is 0.479 e. The number of rotatable bonds is 7. The molecule has 1 fully saturated rings. The third kappa shape index (κ3) is 5.08. The molecule has 2 N–H and O–H groups in total. The maximum atomic E-state index is 12.4. The Kier molecular flexibility index (Phi) is 6.62. The van der Waals surface area contributed by atoms with Gasteiger partial charge in [-0.3, -0.25) is 19.2 Å². The van der Waals surface area contributed by atoms with Crippen LogP contribution in [0.1, 0.15) is 20.7 Å². The molecule has 9 heteroatoms. The molecule has 1 aliphatic heterocycles. The first kappa shape index (κ1) is 19.8. The summed E-state index contributed by atoms with van der Waals surface area (Å²) in [6.07, 6.45) is 1.59. The van der Waals surface area contributed by atoms with Crippen LogP contribution in [0.2, 0.25) is 0 Å². The van der Waals surface area contributed by atoms with Crippen LogP contribution in [-0.2, 0) is 11.8 Å². The Labute approximate surface area is 163 Å². The number of hydrogen-bond acceptors (Lipinski definition) is 6. The lowest BCUT2D eigenvalue weighted by Gasteiger charge is -2.26. The van der Waals surface area contributed by atoms with Gasteiger partial charge in [-0.1, -0.05) is 0 Å². The number of carbonyl (C=O) groups is 2. The van der Waals surface area contributed by atoms with E-state index in [4.69, 9.17) is 9.47 Å². The van der Waals surface area contributed by atoms with E-state index in [1.807, 2.05) is 0 Å². The number of nitrogens with one attached hydrogen (secondary N) is 2. The van der Waals surface area contributed by atoms with E-state index < -0.39 is 0 Å². The Hall–Kier alpha value is -2.91. The zero-order valence-electron chi connectivity index (χ0n) is 16.1. The van der Waals surface area contributed by atoms with Gasteiger partial charge in [0.15, 0.2) is 0 Å². The van der Waals surface area contributed by atoms with E-state index >= 15 is 0 Å². The number of aryl methyl sites for hydroxylation is 1. The molecule has 0 bridgehead atoms. The minimum absolute atomic E-state index is 0.139. The molecule has 28 heavy (non-hydrogen) atoms. The fourth-order valence-electron chi connectivity index (χ4n) is 2.93. The topological polar surface area (TPSA) is 97.7 Å². The summed E-state index contributed by atoms with van der Waals surface area (Å²) in [7, 11) is 3.18. The van der Waals surface area contributed by atoms with Gasteiger partial charge in [0.1, 0.15) is 5.56 Å². The molecule has 3 rings (SSSR count).